The Morgan fingerprint density at radius 3 is 2.81 bits per heavy atom. The minimum atomic E-state index is -3.79. The molecule has 2 aromatic rings. The van der Waals surface area contributed by atoms with Crippen molar-refractivity contribution in [1.82, 2.24) is 24.7 Å². The molecule has 1 fully saturated rings. The Morgan fingerprint density at radius 1 is 1.41 bits per heavy atom. The van der Waals surface area contributed by atoms with E-state index < -0.39 is 10.0 Å². The molecule has 0 bridgehead atoms. The molecule has 8 nitrogen and oxygen atoms in total. The van der Waals surface area contributed by atoms with E-state index in [-0.39, 0.29) is 35.8 Å². The van der Waals surface area contributed by atoms with Crippen LogP contribution in [0.2, 0.25) is 5.02 Å². The highest BCUT2D eigenvalue weighted by Crippen LogP contribution is 2.28. The largest absolute Gasteiger partial charge is 0.332 e. The maximum atomic E-state index is 12.7. The van der Waals surface area contributed by atoms with Crippen LogP contribution in [-0.4, -0.2) is 55.2 Å². The van der Waals surface area contributed by atoms with Gasteiger partial charge < -0.3 is 10.2 Å². The van der Waals surface area contributed by atoms with Gasteiger partial charge >= 0.3 is 0 Å². The van der Waals surface area contributed by atoms with Crippen LogP contribution in [0.25, 0.3) is 0 Å². The maximum Gasteiger partial charge on any atom is 0.244 e. The number of amides is 1. The Hall–Kier alpha value is -1.65. The number of nitrogens with zero attached hydrogens (tertiary/aromatic N) is 3. The monoisotopic (exact) mass is 433 g/mol. The molecule has 0 radical (unpaired) electrons. The Bertz CT molecular complexity index is 903. The fourth-order valence-corrected chi connectivity index (χ4v) is 4.12. The van der Waals surface area contributed by atoms with E-state index in [2.05, 4.69) is 15.1 Å². The van der Waals surface area contributed by atoms with Gasteiger partial charge in [0.1, 0.15) is 4.90 Å². The zero-order valence-corrected chi connectivity index (χ0v) is 17.0. The molecule has 1 atom stereocenters. The van der Waals surface area contributed by atoms with E-state index in [4.69, 9.17) is 11.6 Å². The molecule has 1 aliphatic rings. The van der Waals surface area contributed by atoms with Crippen LogP contribution in [0.3, 0.4) is 0 Å². The molecule has 0 spiro atoms. The second kappa shape index (κ2) is 9.03. The third-order valence-corrected chi connectivity index (χ3v) is 5.93. The van der Waals surface area contributed by atoms with Crippen molar-refractivity contribution in [2.24, 2.45) is 7.05 Å². The summed E-state index contributed by atoms with van der Waals surface area (Å²) < 4.78 is 28.3. The summed E-state index contributed by atoms with van der Waals surface area (Å²) in [6.45, 7) is 1.36. The number of carbonyl (C=O) groups excluding carboxylic acids is 1. The van der Waals surface area contributed by atoms with Crippen molar-refractivity contribution in [3.8, 4) is 0 Å². The molecule has 1 unspecified atom stereocenters. The molecule has 1 aromatic heterocycles. The normalized spacial score (nSPS) is 17.4. The topological polar surface area (TPSA) is 96.3 Å². The van der Waals surface area contributed by atoms with Crippen LogP contribution in [0.4, 0.5) is 0 Å². The summed E-state index contributed by atoms with van der Waals surface area (Å²) in [5, 5.41) is 7.66. The van der Waals surface area contributed by atoms with Crippen LogP contribution in [0, 0.1) is 0 Å². The molecule has 1 aromatic carbocycles. The van der Waals surface area contributed by atoms with Gasteiger partial charge in [-0.1, -0.05) is 29.8 Å². The van der Waals surface area contributed by atoms with Crippen LogP contribution in [0.15, 0.2) is 41.6 Å². The summed E-state index contributed by atoms with van der Waals surface area (Å²) >= 11 is 6.27. The molecule has 3 rings (SSSR count). The number of nitrogens with one attached hydrogen (secondary N) is 2. The maximum absolute atomic E-state index is 12.7. The number of hydrogen-bond acceptors (Lipinski definition) is 5. The molecular formula is C16H21Cl2N5O3S. The van der Waals surface area contributed by atoms with E-state index in [1.807, 2.05) is 18.2 Å². The molecule has 2 N–H and O–H groups in total. The summed E-state index contributed by atoms with van der Waals surface area (Å²) in [5.41, 5.74) is 0.838. The average Bonchev–Trinajstić information content (AvgIpc) is 3.08. The lowest BCUT2D eigenvalue weighted by atomic mass is 10.0. The quantitative estimate of drug-likeness (QED) is 0.731. The molecule has 27 heavy (non-hydrogen) atoms. The number of carbonyl (C=O) groups is 1. The lowest BCUT2D eigenvalue weighted by Gasteiger charge is -2.37. The Balaban J connectivity index is 0.00000261. The Morgan fingerprint density at radius 2 is 2.15 bits per heavy atom. The van der Waals surface area contributed by atoms with Gasteiger partial charge in [0.25, 0.3) is 0 Å². The van der Waals surface area contributed by atoms with Gasteiger partial charge in [-0.3, -0.25) is 9.48 Å². The van der Waals surface area contributed by atoms with E-state index >= 15 is 0 Å². The van der Waals surface area contributed by atoms with Gasteiger partial charge in [-0.25, -0.2) is 13.1 Å². The molecule has 2 heterocycles. The van der Waals surface area contributed by atoms with Gasteiger partial charge in [-0.2, -0.15) is 5.10 Å². The van der Waals surface area contributed by atoms with Crippen molar-refractivity contribution in [3.05, 3.63) is 47.2 Å². The molecule has 1 aliphatic heterocycles. The van der Waals surface area contributed by atoms with Crippen molar-refractivity contribution in [3.63, 3.8) is 0 Å². The summed E-state index contributed by atoms with van der Waals surface area (Å²) in [4.78, 5) is 14.4. The first kappa shape index (κ1) is 21.6. The summed E-state index contributed by atoms with van der Waals surface area (Å²) in [6, 6.07) is 7.10. The fourth-order valence-electron chi connectivity index (χ4n) is 2.91. The van der Waals surface area contributed by atoms with Crippen molar-refractivity contribution in [2.75, 3.05) is 26.2 Å². The number of rotatable bonds is 5. The summed E-state index contributed by atoms with van der Waals surface area (Å²) in [7, 11) is -2.16. The lowest BCUT2D eigenvalue weighted by Crippen LogP contribution is -2.51. The first-order chi connectivity index (χ1) is 12.4. The third kappa shape index (κ3) is 4.99. The smallest absolute Gasteiger partial charge is 0.244 e. The highest BCUT2D eigenvalue weighted by Gasteiger charge is 2.30. The van der Waals surface area contributed by atoms with Crippen molar-refractivity contribution < 1.29 is 13.2 Å². The Labute approximate surface area is 169 Å². The lowest BCUT2D eigenvalue weighted by molar-refractivity contribution is -0.133. The highest BCUT2D eigenvalue weighted by atomic mass is 35.5. The number of piperazine rings is 1. The molecule has 148 valence electrons. The van der Waals surface area contributed by atoms with E-state index in [9.17, 15) is 13.2 Å². The Kier molecular flexibility index (Phi) is 7.24. The fraction of sp³-hybridized carbons (Fsp3) is 0.375. The van der Waals surface area contributed by atoms with Crippen LogP contribution >= 0.6 is 24.0 Å². The first-order valence-corrected chi connectivity index (χ1v) is 9.97. The van der Waals surface area contributed by atoms with Gasteiger partial charge in [0.05, 0.1) is 18.8 Å². The molecule has 1 amide bonds. The average molecular weight is 434 g/mol. The van der Waals surface area contributed by atoms with E-state index in [0.29, 0.717) is 24.7 Å². The van der Waals surface area contributed by atoms with Gasteiger partial charge in [0.15, 0.2) is 0 Å². The molecular weight excluding hydrogens is 413 g/mol. The van der Waals surface area contributed by atoms with E-state index in [1.54, 1.807) is 18.0 Å². The number of aromatic nitrogens is 2. The van der Waals surface area contributed by atoms with Crippen LogP contribution in [0.5, 0.6) is 0 Å². The predicted octanol–water partition coefficient (Wildman–Crippen LogP) is 0.947. The van der Waals surface area contributed by atoms with Crippen LogP contribution in [-0.2, 0) is 21.9 Å². The number of aryl methyl sites for hydroxylation is 1. The van der Waals surface area contributed by atoms with E-state index in [0.717, 1.165) is 5.56 Å². The number of halogens is 2. The summed E-state index contributed by atoms with van der Waals surface area (Å²) in [6.07, 6.45) is 2.62. The number of hydrogen-bond donors (Lipinski definition) is 2. The predicted molar refractivity (Wildman–Crippen MR) is 104 cm³/mol. The van der Waals surface area contributed by atoms with E-state index in [1.165, 1.54) is 17.1 Å². The summed E-state index contributed by atoms with van der Waals surface area (Å²) in [5.74, 6) is -0.302. The van der Waals surface area contributed by atoms with Gasteiger partial charge in [0, 0.05) is 37.9 Å². The molecule has 0 saturated carbocycles. The number of sulfonamides is 1. The number of benzene rings is 1. The van der Waals surface area contributed by atoms with Gasteiger partial charge in [0.2, 0.25) is 15.9 Å². The standard InChI is InChI=1S/C16H20ClN5O3S.ClH/c1-21-11-12(8-19-21)26(24,25)20-10-16(23)22-7-6-18-9-15(22)13-4-2-3-5-14(13)17;/h2-5,8,11,15,18,20H,6-7,9-10H2,1H3;1H. The van der Waals surface area contributed by atoms with Gasteiger partial charge in [-0.15, -0.1) is 12.4 Å². The minimum Gasteiger partial charge on any atom is -0.332 e. The highest BCUT2D eigenvalue weighted by molar-refractivity contribution is 7.89. The zero-order valence-electron chi connectivity index (χ0n) is 14.6. The third-order valence-electron chi connectivity index (χ3n) is 4.23. The van der Waals surface area contributed by atoms with Crippen molar-refractivity contribution in [2.45, 2.75) is 10.9 Å². The molecule has 0 aliphatic carbocycles. The molecule has 1 saturated heterocycles. The SMILES string of the molecule is Cl.Cn1cc(S(=O)(=O)NCC(=O)N2CCNCC2c2ccccc2Cl)cn1. The second-order valence-corrected chi connectivity index (χ2v) is 8.18. The minimum absolute atomic E-state index is 0. The zero-order chi connectivity index (χ0) is 18.7. The first-order valence-electron chi connectivity index (χ1n) is 8.11. The van der Waals surface area contributed by atoms with Crippen LogP contribution < -0.4 is 10.0 Å². The van der Waals surface area contributed by atoms with Crippen LogP contribution in [0.1, 0.15) is 11.6 Å². The van der Waals surface area contributed by atoms with Gasteiger partial charge in [-0.05, 0) is 11.6 Å². The van der Waals surface area contributed by atoms with Crippen molar-refractivity contribution in [1.29, 1.82) is 0 Å². The van der Waals surface area contributed by atoms with Crippen molar-refractivity contribution >= 4 is 39.9 Å². The second-order valence-electron chi connectivity index (χ2n) is 6.00. The molecule has 11 heteroatoms.